The number of aryl methyl sites for hydroxylation is 1. The van der Waals surface area contributed by atoms with Crippen LogP contribution < -0.4 is 11.5 Å². The molecule has 0 atom stereocenters. The van der Waals surface area contributed by atoms with Gasteiger partial charge < -0.3 is 11.5 Å². The third-order valence-electron chi connectivity index (χ3n) is 3.67. The molecule has 0 amide bonds. The number of nitrogens with two attached hydrogens (primary N) is 2. The summed E-state index contributed by atoms with van der Waals surface area (Å²) in [7, 11) is 0. The molecule has 2 aromatic rings. The highest BCUT2D eigenvalue weighted by Gasteiger charge is 2.24. The number of hydrogen-bond donors (Lipinski definition) is 2. The second-order valence-electron chi connectivity index (χ2n) is 5.15. The predicted octanol–water partition coefficient (Wildman–Crippen LogP) is 1.79. The van der Waals surface area contributed by atoms with Crippen LogP contribution in [0.4, 0.5) is 11.6 Å². The van der Waals surface area contributed by atoms with Crippen LogP contribution in [-0.4, -0.2) is 19.7 Å². The maximum absolute atomic E-state index is 6.07. The summed E-state index contributed by atoms with van der Waals surface area (Å²) in [6.07, 6.45) is 8.30. The van der Waals surface area contributed by atoms with Gasteiger partial charge in [0, 0.05) is 11.8 Å². The number of aromatic nitrogens is 4. The van der Waals surface area contributed by atoms with Crippen LogP contribution in [-0.2, 0) is 0 Å². The summed E-state index contributed by atoms with van der Waals surface area (Å²) in [5.41, 5.74) is 14.1. The van der Waals surface area contributed by atoms with E-state index in [1.165, 1.54) is 12.8 Å². The molecule has 2 heterocycles. The zero-order chi connectivity index (χ0) is 13.4. The first-order valence-electron chi connectivity index (χ1n) is 6.59. The van der Waals surface area contributed by atoms with Crippen molar-refractivity contribution in [1.29, 1.82) is 0 Å². The Balaban J connectivity index is 2.02. The molecular formula is C13H18N6. The largest absolute Gasteiger partial charge is 0.383 e. The molecule has 100 valence electrons. The van der Waals surface area contributed by atoms with Gasteiger partial charge in [0.2, 0.25) is 0 Å². The smallest absolute Gasteiger partial charge is 0.254 e. The van der Waals surface area contributed by atoms with Crippen molar-refractivity contribution >= 4 is 11.6 Å². The maximum Gasteiger partial charge on any atom is 0.254 e. The molecule has 1 fully saturated rings. The maximum atomic E-state index is 6.07. The fourth-order valence-corrected chi connectivity index (χ4v) is 2.75. The van der Waals surface area contributed by atoms with E-state index in [1.807, 2.05) is 13.1 Å². The molecule has 0 aromatic carbocycles. The monoisotopic (exact) mass is 258 g/mol. The molecule has 3 rings (SSSR count). The van der Waals surface area contributed by atoms with Gasteiger partial charge in [-0.3, -0.25) is 0 Å². The molecule has 2 aromatic heterocycles. The summed E-state index contributed by atoms with van der Waals surface area (Å²) in [4.78, 5) is 8.70. The van der Waals surface area contributed by atoms with Crippen molar-refractivity contribution in [3.63, 3.8) is 0 Å². The lowest BCUT2D eigenvalue weighted by Crippen LogP contribution is -2.12. The van der Waals surface area contributed by atoms with E-state index in [0.29, 0.717) is 23.5 Å². The highest BCUT2D eigenvalue weighted by molar-refractivity contribution is 5.56. The van der Waals surface area contributed by atoms with Crippen LogP contribution in [0.5, 0.6) is 0 Å². The second-order valence-corrected chi connectivity index (χ2v) is 5.15. The highest BCUT2D eigenvalue weighted by atomic mass is 15.3. The summed E-state index contributed by atoms with van der Waals surface area (Å²) in [6.45, 7) is 1.96. The first-order valence-corrected chi connectivity index (χ1v) is 6.59. The quantitative estimate of drug-likeness (QED) is 0.856. The van der Waals surface area contributed by atoms with E-state index in [2.05, 4.69) is 15.1 Å². The average Bonchev–Trinajstić information content (AvgIpc) is 2.99. The Labute approximate surface area is 111 Å². The fourth-order valence-electron chi connectivity index (χ4n) is 2.75. The van der Waals surface area contributed by atoms with Crippen LogP contribution >= 0.6 is 0 Å². The Bertz CT molecular complexity index is 574. The molecule has 6 nitrogen and oxygen atoms in total. The van der Waals surface area contributed by atoms with E-state index < -0.39 is 0 Å². The van der Waals surface area contributed by atoms with Gasteiger partial charge in [-0.25, -0.2) is 4.68 Å². The highest BCUT2D eigenvalue weighted by Crippen LogP contribution is 2.38. The normalized spacial score (nSPS) is 16.1. The second kappa shape index (κ2) is 4.53. The van der Waals surface area contributed by atoms with Gasteiger partial charge in [-0.1, -0.05) is 12.8 Å². The van der Waals surface area contributed by atoms with E-state index in [4.69, 9.17) is 11.5 Å². The SMILES string of the molecule is Cc1cnn(-c2nc(N)c(C3CCCC3)c(N)n2)c1. The summed E-state index contributed by atoms with van der Waals surface area (Å²) in [6, 6.07) is 0. The molecule has 1 saturated carbocycles. The number of anilines is 2. The molecule has 1 aliphatic carbocycles. The molecular weight excluding hydrogens is 240 g/mol. The minimum atomic E-state index is 0.411. The standard InChI is InChI=1S/C13H18N6/c1-8-6-16-19(7-8)13-17-11(14)10(12(15)18-13)9-4-2-3-5-9/h6-7,9H,2-5H2,1H3,(H4,14,15,17,18). The first-order chi connectivity index (χ1) is 9.15. The van der Waals surface area contributed by atoms with Gasteiger partial charge in [-0.15, -0.1) is 0 Å². The van der Waals surface area contributed by atoms with Gasteiger partial charge >= 0.3 is 0 Å². The first kappa shape index (κ1) is 12.0. The Hall–Kier alpha value is -2.11. The lowest BCUT2D eigenvalue weighted by atomic mass is 9.99. The summed E-state index contributed by atoms with van der Waals surface area (Å²) < 4.78 is 1.60. The lowest BCUT2D eigenvalue weighted by Gasteiger charge is -2.15. The van der Waals surface area contributed by atoms with Crippen molar-refractivity contribution in [2.24, 2.45) is 0 Å². The van der Waals surface area contributed by atoms with E-state index in [0.717, 1.165) is 24.0 Å². The average molecular weight is 258 g/mol. The van der Waals surface area contributed by atoms with E-state index in [1.54, 1.807) is 10.9 Å². The third-order valence-corrected chi connectivity index (χ3v) is 3.67. The van der Waals surface area contributed by atoms with Crippen molar-refractivity contribution in [3.8, 4) is 5.95 Å². The minimum absolute atomic E-state index is 0.411. The van der Waals surface area contributed by atoms with E-state index in [9.17, 15) is 0 Å². The molecule has 19 heavy (non-hydrogen) atoms. The zero-order valence-corrected chi connectivity index (χ0v) is 11.0. The third kappa shape index (κ3) is 2.14. The van der Waals surface area contributed by atoms with Gasteiger partial charge in [0.25, 0.3) is 5.95 Å². The van der Waals surface area contributed by atoms with Gasteiger partial charge in [0.1, 0.15) is 11.6 Å². The fraction of sp³-hybridized carbons (Fsp3) is 0.462. The number of nitrogen functional groups attached to an aromatic ring is 2. The molecule has 0 unspecified atom stereocenters. The molecule has 1 aliphatic rings. The van der Waals surface area contributed by atoms with Crippen molar-refractivity contribution in [2.45, 2.75) is 38.5 Å². The van der Waals surface area contributed by atoms with Crippen LogP contribution in [0.15, 0.2) is 12.4 Å². The Morgan fingerprint density at radius 2 is 1.79 bits per heavy atom. The summed E-state index contributed by atoms with van der Waals surface area (Å²) in [5.74, 6) is 1.82. The summed E-state index contributed by atoms with van der Waals surface area (Å²) in [5, 5.41) is 4.18. The van der Waals surface area contributed by atoms with E-state index in [-0.39, 0.29) is 0 Å². The number of rotatable bonds is 2. The molecule has 0 spiro atoms. The topological polar surface area (TPSA) is 95.6 Å². The van der Waals surface area contributed by atoms with E-state index >= 15 is 0 Å². The van der Waals surface area contributed by atoms with Crippen molar-refractivity contribution in [3.05, 3.63) is 23.5 Å². The van der Waals surface area contributed by atoms with Gasteiger partial charge in [0.05, 0.1) is 6.20 Å². The molecule has 6 heteroatoms. The molecule has 0 saturated heterocycles. The van der Waals surface area contributed by atoms with Gasteiger partial charge in [-0.2, -0.15) is 15.1 Å². The van der Waals surface area contributed by atoms with Crippen LogP contribution in [0, 0.1) is 6.92 Å². The van der Waals surface area contributed by atoms with Crippen LogP contribution in [0.1, 0.15) is 42.7 Å². The predicted molar refractivity (Wildman–Crippen MR) is 73.9 cm³/mol. The zero-order valence-electron chi connectivity index (χ0n) is 11.0. The molecule has 0 bridgehead atoms. The van der Waals surface area contributed by atoms with Gasteiger partial charge in [-0.05, 0) is 31.2 Å². The van der Waals surface area contributed by atoms with Crippen molar-refractivity contribution in [2.75, 3.05) is 11.5 Å². The number of hydrogen-bond acceptors (Lipinski definition) is 5. The van der Waals surface area contributed by atoms with Crippen molar-refractivity contribution < 1.29 is 0 Å². The van der Waals surface area contributed by atoms with Crippen molar-refractivity contribution in [1.82, 2.24) is 19.7 Å². The summed E-state index contributed by atoms with van der Waals surface area (Å²) >= 11 is 0. The van der Waals surface area contributed by atoms with Crippen LogP contribution in [0.3, 0.4) is 0 Å². The molecule has 0 radical (unpaired) electrons. The molecule has 4 N–H and O–H groups in total. The molecule has 0 aliphatic heterocycles. The van der Waals surface area contributed by atoms with Crippen LogP contribution in [0.25, 0.3) is 5.95 Å². The minimum Gasteiger partial charge on any atom is -0.383 e. The Morgan fingerprint density at radius 3 is 2.32 bits per heavy atom. The Morgan fingerprint density at radius 1 is 1.16 bits per heavy atom. The van der Waals surface area contributed by atoms with Gasteiger partial charge in [0.15, 0.2) is 0 Å². The lowest BCUT2D eigenvalue weighted by molar-refractivity contribution is 0.714. The number of nitrogens with zero attached hydrogens (tertiary/aromatic N) is 4. The van der Waals surface area contributed by atoms with Crippen LogP contribution in [0.2, 0.25) is 0 Å². The Kier molecular flexibility index (Phi) is 2.85.